The number of aromatic carboxylic acids is 2. The molecule has 0 amide bonds. The third kappa shape index (κ3) is 9.11. The molecular weight excluding hydrogens is 338 g/mol. The molecule has 0 bridgehead atoms. The molecule has 11 heteroatoms. The second-order valence-corrected chi connectivity index (χ2v) is 5.04. The van der Waals surface area contributed by atoms with E-state index in [9.17, 15) is 18.0 Å². The van der Waals surface area contributed by atoms with Crippen LogP contribution in [0.25, 0.3) is 0 Å². The third-order valence-corrected chi connectivity index (χ3v) is 2.77. The molecule has 0 saturated carbocycles. The molecule has 0 spiro atoms. The normalized spacial score (nSPS) is 10.0. The van der Waals surface area contributed by atoms with E-state index in [1.165, 1.54) is 0 Å². The topological polar surface area (TPSA) is 138 Å². The molecule has 3 N–H and O–H groups in total. The first kappa shape index (κ1) is 24.1. The van der Waals surface area contributed by atoms with Gasteiger partial charge in [-0.3, -0.25) is 0 Å². The number of carboxylic acids is 2. The van der Waals surface area contributed by atoms with E-state index in [0.717, 1.165) is 18.2 Å². The van der Waals surface area contributed by atoms with E-state index in [4.69, 9.17) is 19.5 Å². The maximum Gasteiger partial charge on any atom is 1.00 e. The van der Waals surface area contributed by atoms with Crippen molar-refractivity contribution < 1.29 is 67.1 Å². The number of hydrogen-bond donors (Lipinski definition) is 3. The molecule has 1 aromatic carbocycles. The zero-order valence-electron chi connectivity index (χ0n) is 12.0. The number of ether oxygens (including phenoxy) is 1. The maximum atomic E-state index is 10.8. The van der Waals surface area contributed by atoms with Gasteiger partial charge in [0.25, 0.3) is 0 Å². The summed E-state index contributed by atoms with van der Waals surface area (Å²) >= 11 is 0. The van der Waals surface area contributed by atoms with Crippen molar-refractivity contribution in [2.45, 2.75) is 6.42 Å². The van der Waals surface area contributed by atoms with Crippen molar-refractivity contribution in [2.24, 2.45) is 0 Å². The van der Waals surface area contributed by atoms with Gasteiger partial charge in [0.05, 0.1) is 17.7 Å². The Kier molecular flexibility index (Phi) is 11.6. The molecule has 22 heavy (non-hydrogen) atoms. The molecule has 0 saturated heterocycles. The van der Waals surface area contributed by atoms with Crippen LogP contribution in [0.5, 0.6) is 5.75 Å². The molecule has 0 fully saturated rings. The van der Waals surface area contributed by atoms with E-state index in [1.54, 1.807) is 0 Å². The molecule has 1 aromatic rings. The van der Waals surface area contributed by atoms with Gasteiger partial charge in [-0.05, 0) is 18.2 Å². The van der Waals surface area contributed by atoms with Gasteiger partial charge in [0.2, 0.25) is 0 Å². The van der Waals surface area contributed by atoms with Crippen LogP contribution in [0.15, 0.2) is 18.2 Å². The molecule has 0 heterocycles. The Morgan fingerprint density at radius 2 is 1.55 bits per heavy atom. The third-order valence-electron chi connectivity index (χ3n) is 2.12. The number of carboxylic acid groups (broad SMARTS) is 2. The van der Waals surface area contributed by atoms with Gasteiger partial charge in [0.15, 0.2) is 0 Å². The van der Waals surface area contributed by atoms with Crippen molar-refractivity contribution in [3.05, 3.63) is 35.1 Å². The average Bonchev–Trinajstić information content (AvgIpc) is 2.33. The summed E-state index contributed by atoms with van der Waals surface area (Å²) in [5.41, 5.74) is -0.530. The summed E-state index contributed by atoms with van der Waals surface area (Å²) in [4.78, 5) is 21.6. The van der Waals surface area contributed by atoms with E-state index in [2.05, 4.69) is 0 Å². The van der Waals surface area contributed by atoms with Crippen molar-refractivity contribution in [2.75, 3.05) is 6.61 Å². The molecule has 1 rings (SSSR count). The summed E-state index contributed by atoms with van der Waals surface area (Å²) in [7, 11) is -4.21. The van der Waals surface area contributed by atoms with Crippen LogP contribution >= 0.6 is 0 Å². The Balaban J connectivity index is 0. The second kappa shape index (κ2) is 10.6. The molecule has 0 aliphatic heterocycles. The van der Waals surface area contributed by atoms with Crippen LogP contribution in [0.4, 0.5) is 0 Å². The van der Waals surface area contributed by atoms with E-state index >= 15 is 0 Å². The Morgan fingerprint density at radius 1 is 1.09 bits per heavy atom. The van der Waals surface area contributed by atoms with Crippen LogP contribution < -0.4 is 34.3 Å². The minimum absolute atomic E-state index is 0. The van der Waals surface area contributed by atoms with Gasteiger partial charge in [-0.2, -0.15) is 5.75 Å². The molecule has 8 nitrogen and oxygen atoms in total. The van der Waals surface area contributed by atoms with Crippen molar-refractivity contribution in [3.63, 3.8) is 0 Å². The standard InChI is InChI=1S/C11H11O8S.2Na/c12-10(13)7-4-8(11(14)15)6-9(5-7)19-2-1-3-20(16,17)18;;/h3-6H,1-2H2,(H,12,13)(H,14,15)(H,16,17,18);;/q-1;;+1. The molecular formula is C11H11Na2O8S. The van der Waals surface area contributed by atoms with E-state index in [0.29, 0.717) is 5.75 Å². The van der Waals surface area contributed by atoms with Gasteiger partial charge in [-0.1, -0.05) is 0 Å². The fraction of sp³-hybridized carbons (Fsp3) is 0.182. The minimum atomic E-state index is -4.21. The molecule has 0 atom stereocenters. The fourth-order valence-electron chi connectivity index (χ4n) is 1.30. The minimum Gasteiger partial charge on any atom is -0.496 e. The maximum absolute atomic E-state index is 10.8. The summed E-state index contributed by atoms with van der Waals surface area (Å²) in [6.07, 6.45) is -0.140. The summed E-state index contributed by atoms with van der Waals surface area (Å²) in [5, 5.41) is 17.7. The summed E-state index contributed by atoms with van der Waals surface area (Å²) < 4.78 is 34.3. The predicted octanol–water partition coefficient (Wildman–Crippen LogP) is -2.48. The van der Waals surface area contributed by atoms with Crippen molar-refractivity contribution in [1.29, 1.82) is 0 Å². The van der Waals surface area contributed by atoms with Gasteiger partial charge < -0.3 is 19.5 Å². The summed E-state index contributed by atoms with van der Waals surface area (Å²) in [6, 6.07) is 3.20. The number of benzene rings is 1. The number of carbonyl (C=O) groups is 2. The number of hydrogen-bond acceptors (Lipinski definition) is 5. The van der Waals surface area contributed by atoms with Crippen LogP contribution in [0.2, 0.25) is 0 Å². The van der Waals surface area contributed by atoms with Crippen molar-refractivity contribution in [3.8, 4) is 5.75 Å². The van der Waals surface area contributed by atoms with E-state index < -0.39 is 22.1 Å². The fourth-order valence-corrected chi connectivity index (χ4v) is 1.70. The molecule has 0 unspecified atom stereocenters. The molecule has 0 aromatic heterocycles. The zero-order chi connectivity index (χ0) is 15.3. The Labute approximate surface area is 171 Å². The van der Waals surface area contributed by atoms with Gasteiger partial charge in [-0.25, -0.2) is 18.0 Å². The summed E-state index contributed by atoms with van der Waals surface area (Å²) in [6.45, 7) is -0.165. The summed E-state index contributed by atoms with van der Waals surface area (Å²) in [5.74, 6) is -2.04. The van der Waals surface area contributed by atoms with Gasteiger partial charge in [0, 0.05) is 29.6 Å². The van der Waals surface area contributed by atoms with Gasteiger partial charge in [0.1, 0.15) is 15.9 Å². The van der Waals surface area contributed by atoms with E-state index in [1.807, 2.05) is 0 Å². The smallest absolute Gasteiger partial charge is 0.496 e. The molecule has 0 aliphatic rings. The van der Waals surface area contributed by atoms with Crippen LogP contribution in [-0.2, 0) is 10.1 Å². The quantitative estimate of drug-likeness (QED) is 0.213. The molecule has 0 aliphatic carbocycles. The van der Waals surface area contributed by atoms with Gasteiger partial charge >= 0.3 is 41.5 Å². The molecule has 1 radical (unpaired) electrons. The Bertz CT molecular complexity index is 597. The Hall–Kier alpha value is -0.130. The zero-order valence-corrected chi connectivity index (χ0v) is 16.8. The first-order valence-corrected chi connectivity index (χ1v) is 6.74. The average molecular weight is 349 g/mol. The van der Waals surface area contributed by atoms with Crippen molar-refractivity contribution >= 4 is 51.6 Å². The van der Waals surface area contributed by atoms with Gasteiger partial charge in [-0.15, -0.1) is 6.42 Å². The van der Waals surface area contributed by atoms with Crippen LogP contribution in [0, 0.1) is 5.75 Å². The second-order valence-electron chi connectivity index (χ2n) is 3.68. The van der Waals surface area contributed by atoms with Crippen molar-refractivity contribution in [1.82, 2.24) is 0 Å². The first-order chi connectivity index (χ1) is 9.19. The largest absolute Gasteiger partial charge is 1.00 e. The molecule has 111 valence electrons. The first-order valence-electron chi connectivity index (χ1n) is 5.24. The van der Waals surface area contributed by atoms with Crippen LogP contribution in [-0.4, -0.2) is 71.3 Å². The van der Waals surface area contributed by atoms with Crippen LogP contribution in [0.3, 0.4) is 0 Å². The Morgan fingerprint density at radius 3 is 1.91 bits per heavy atom. The van der Waals surface area contributed by atoms with E-state index in [-0.39, 0.29) is 89.0 Å². The predicted molar refractivity (Wildman–Crippen MR) is 72.1 cm³/mol. The monoisotopic (exact) mass is 349 g/mol. The van der Waals surface area contributed by atoms with Crippen LogP contribution in [0.1, 0.15) is 27.1 Å². The SMILES string of the molecule is O=C(O)c1cc(OCC[CH-]S(=O)(=O)O)cc(C(=O)O)c1.[Na+].[Na]. The number of rotatable bonds is 7.